The van der Waals surface area contributed by atoms with Crippen LogP contribution in [0.5, 0.6) is 0 Å². The molecule has 0 aromatic carbocycles. The van der Waals surface area contributed by atoms with Gasteiger partial charge in [-0.05, 0) is 27.4 Å². The van der Waals surface area contributed by atoms with Crippen molar-refractivity contribution in [3.8, 4) is 0 Å². The second kappa shape index (κ2) is 7.23. The van der Waals surface area contributed by atoms with Crippen molar-refractivity contribution in [2.24, 2.45) is 0 Å². The first-order valence-electron chi connectivity index (χ1n) is 7.59. The Hall–Kier alpha value is -1.41. The third-order valence-corrected chi connectivity index (χ3v) is 5.55. The molecule has 1 unspecified atom stereocenters. The van der Waals surface area contributed by atoms with Crippen molar-refractivity contribution < 1.29 is 8.42 Å². The molecule has 0 spiro atoms. The predicted octanol–water partition coefficient (Wildman–Crippen LogP) is 0.464. The summed E-state index contributed by atoms with van der Waals surface area (Å²) >= 11 is 0. The van der Waals surface area contributed by atoms with Crippen molar-refractivity contribution in [1.82, 2.24) is 14.9 Å². The SMILES string of the molecule is CCN(c1cc(NCCN(C)C)ncn1)C1CCS(=O)(=O)C1. The molecule has 1 atom stereocenters. The summed E-state index contributed by atoms with van der Waals surface area (Å²) in [4.78, 5) is 12.7. The zero-order valence-corrected chi connectivity index (χ0v) is 14.3. The summed E-state index contributed by atoms with van der Waals surface area (Å²) in [7, 11) is 1.14. The molecule has 1 aromatic rings. The Kier molecular flexibility index (Phi) is 5.57. The zero-order chi connectivity index (χ0) is 16.2. The predicted molar refractivity (Wildman–Crippen MR) is 89.2 cm³/mol. The van der Waals surface area contributed by atoms with Gasteiger partial charge in [0, 0.05) is 31.7 Å². The minimum Gasteiger partial charge on any atom is -0.369 e. The first kappa shape index (κ1) is 17.0. The first-order chi connectivity index (χ1) is 10.4. The molecule has 1 aliphatic heterocycles. The standard InChI is InChI=1S/C14H25N5O2S/c1-4-19(12-5-8-22(20,21)10-12)14-9-13(16-11-17-14)15-6-7-18(2)3/h9,11-12H,4-8,10H2,1-3H3,(H,15,16,17). The monoisotopic (exact) mass is 327 g/mol. The normalized spacial score (nSPS) is 20.3. The molecule has 124 valence electrons. The average Bonchev–Trinajstić information content (AvgIpc) is 2.80. The summed E-state index contributed by atoms with van der Waals surface area (Å²) in [5, 5.41) is 3.26. The quantitative estimate of drug-likeness (QED) is 0.779. The van der Waals surface area contributed by atoms with E-state index in [0.29, 0.717) is 6.42 Å². The molecule has 7 nitrogen and oxygen atoms in total. The van der Waals surface area contributed by atoms with Gasteiger partial charge in [-0.2, -0.15) is 0 Å². The molecule has 1 N–H and O–H groups in total. The maximum Gasteiger partial charge on any atom is 0.152 e. The molecule has 0 saturated carbocycles. The van der Waals surface area contributed by atoms with E-state index in [-0.39, 0.29) is 17.5 Å². The Morgan fingerprint density at radius 1 is 1.36 bits per heavy atom. The molecule has 2 rings (SSSR count). The lowest BCUT2D eigenvalue weighted by molar-refractivity contribution is 0.425. The van der Waals surface area contributed by atoms with E-state index in [0.717, 1.165) is 31.3 Å². The van der Waals surface area contributed by atoms with Crippen LogP contribution in [0, 0.1) is 0 Å². The molecular weight excluding hydrogens is 302 g/mol. The lowest BCUT2D eigenvalue weighted by Gasteiger charge is -2.28. The second-order valence-electron chi connectivity index (χ2n) is 5.83. The van der Waals surface area contributed by atoms with E-state index in [4.69, 9.17) is 0 Å². The summed E-state index contributed by atoms with van der Waals surface area (Å²) in [5.41, 5.74) is 0. The van der Waals surface area contributed by atoms with Crippen LogP contribution in [0.25, 0.3) is 0 Å². The van der Waals surface area contributed by atoms with Crippen LogP contribution in [0.3, 0.4) is 0 Å². The number of aromatic nitrogens is 2. The number of anilines is 2. The van der Waals surface area contributed by atoms with E-state index in [1.54, 1.807) is 0 Å². The molecule has 8 heteroatoms. The van der Waals surface area contributed by atoms with Gasteiger partial charge in [-0.25, -0.2) is 18.4 Å². The lowest BCUT2D eigenvalue weighted by Crippen LogP contribution is -2.36. The molecule has 2 heterocycles. The minimum atomic E-state index is -2.90. The zero-order valence-electron chi connectivity index (χ0n) is 13.5. The molecule has 1 aromatic heterocycles. The number of likely N-dealkylation sites (N-methyl/N-ethyl adjacent to an activating group) is 1. The Morgan fingerprint density at radius 2 is 2.14 bits per heavy atom. The second-order valence-corrected chi connectivity index (χ2v) is 8.06. The molecule has 0 bridgehead atoms. The lowest BCUT2D eigenvalue weighted by atomic mass is 10.2. The van der Waals surface area contributed by atoms with Gasteiger partial charge < -0.3 is 15.1 Å². The Labute approximate surface area is 132 Å². The highest BCUT2D eigenvalue weighted by molar-refractivity contribution is 7.91. The third-order valence-electron chi connectivity index (χ3n) is 3.80. The van der Waals surface area contributed by atoms with Crippen LogP contribution in [0.15, 0.2) is 12.4 Å². The fourth-order valence-electron chi connectivity index (χ4n) is 2.64. The first-order valence-corrected chi connectivity index (χ1v) is 9.41. The fourth-order valence-corrected chi connectivity index (χ4v) is 4.37. The Balaban J connectivity index is 2.06. The van der Waals surface area contributed by atoms with Crippen LogP contribution in [0.2, 0.25) is 0 Å². The van der Waals surface area contributed by atoms with Crippen LogP contribution >= 0.6 is 0 Å². The summed E-state index contributed by atoms with van der Waals surface area (Å²) in [5.74, 6) is 2.04. The van der Waals surface area contributed by atoms with Crippen molar-refractivity contribution >= 4 is 21.5 Å². The summed E-state index contributed by atoms with van der Waals surface area (Å²) in [6.07, 6.45) is 2.20. The van der Waals surface area contributed by atoms with Crippen molar-refractivity contribution in [2.75, 3.05) is 55.5 Å². The largest absolute Gasteiger partial charge is 0.369 e. The van der Waals surface area contributed by atoms with Crippen LogP contribution in [-0.2, 0) is 9.84 Å². The van der Waals surface area contributed by atoms with Gasteiger partial charge in [-0.15, -0.1) is 0 Å². The molecule has 1 aliphatic rings. The maximum absolute atomic E-state index is 11.7. The van der Waals surface area contributed by atoms with Gasteiger partial charge in [0.15, 0.2) is 9.84 Å². The maximum atomic E-state index is 11.7. The van der Waals surface area contributed by atoms with E-state index >= 15 is 0 Å². The van der Waals surface area contributed by atoms with Crippen LogP contribution in [0.1, 0.15) is 13.3 Å². The Bertz CT molecular complexity index is 591. The summed E-state index contributed by atoms with van der Waals surface area (Å²) in [6.45, 7) is 4.46. The Morgan fingerprint density at radius 3 is 2.73 bits per heavy atom. The van der Waals surface area contributed by atoms with Gasteiger partial charge in [-0.3, -0.25) is 0 Å². The molecule has 0 radical (unpaired) electrons. The van der Waals surface area contributed by atoms with Gasteiger partial charge in [0.25, 0.3) is 0 Å². The van der Waals surface area contributed by atoms with Gasteiger partial charge in [0.1, 0.15) is 18.0 Å². The summed E-state index contributed by atoms with van der Waals surface area (Å²) < 4.78 is 23.4. The van der Waals surface area contributed by atoms with Crippen LogP contribution in [0.4, 0.5) is 11.6 Å². The topological polar surface area (TPSA) is 78.4 Å². The molecule has 0 amide bonds. The number of hydrogen-bond acceptors (Lipinski definition) is 7. The van der Waals surface area contributed by atoms with E-state index in [1.165, 1.54) is 6.33 Å². The smallest absolute Gasteiger partial charge is 0.152 e. The number of nitrogens with zero attached hydrogens (tertiary/aromatic N) is 4. The summed E-state index contributed by atoms with van der Waals surface area (Å²) in [6, 6.07) is 1.91. The van der Waals surface area contributed by atoms with Crippen molar-refractivity contribution in [3.63, 3.8) is 0 Å². The van der Waals surface area contributed by atoms with E-state index in [1.807, 2.05) is 27.1 Å². The van der Waals surface area contributed by atoms with E-state index in [9.17, 15) is 8.42 Å². The van der Waals surface area contributed by atoms with Gasteiger partial charge in [-0.1, -0.05) is 0 Å². The highest BCUT2D eigenvalue weighted by Gasteiger charge is 2.32. The fraction of sp³-hybridized carbons (Fsp3) is 0.714. The van der Waals surface area contributed by atoms with Gasteiger partial charge in [0.05, 0.1) is 11.5 Å². The molecular formula is C14H25N5O2S. The highest BCUT2D eigenvalue weighted by atomic mass is 32.2. The van der Waals surface area contributed by atoms with E-state index < -0.39 is 9.84 Å². The van der Waals surface area contributed by atoms with Crippen molar-refractivity contribution in [2.45, 2.75) is 19.4 Å². The van der Waals surface area contributed by atoms with Crippen LogP contribution < -0.4 is 10.2 Å². The molecule has 1 saturated heterocycles. The van der Waals surface area contributed by atoms with Crippen molar-refractivity contribution in [1.29, 1.82) is 0 Å². The van der Waals surface area contributed by atoms with E-state index in [2.05, 4.69) is 25.1 Å². The van der Waals surface area contributed by atoms with Crippen LogP contribution in [-0.4, -0.2) is 74.6 Å². The van der Waals surface area contributed by atoms with Gasteiger partial charge >= 0.3 is 0 Å². The molecule has 0 aliphatic carbocycles. The minimum absolute atomic E-state index is 0.0134. The number of rotatable bonds is 7. The highest BCUT2D eigenvalue weighted by Crippen LogP contribution is 2.23. The van der Waals surface area contributed by atoms with Crippen molar-refractivity contribution in [3.05, 3.63) is 12.4 Å². The number of sulfone groups is 1. The third kappa shape index (κ3) is 4.54. The molecule has 22 heavy (non-hydrogen) atoms. The average molecular weight is 327 g/mol. The number of nitrogens with one attached hydrogen (secondary N) is 1. The molecule has 1 fully saturated rings. The number of hydrogen-bond donors (Lipinski definition) is 1. The van der Waals surface area contributed by atoms with Gasteiger partial charge in [0.2, 0.25) is 0 Å².